The van der Waals surface area contributed by atoms with Gasteiger partial charge in [0.15, 0.2) is 18.5 Å². The van der Waals surface area contributed by atoms with Crippen LogP contribution in [-0.4, -0.2) is 79.1 Å². The van der Waals surface area contributed by atoms with Crippen molar-refractivity contribution in [3.8, 4) is 0 Å². The van der Waals surface area contributed by atoms with Gasteiger partial charge in [0.1, 0.15) is 12.7 Å². The van der Waals surface area contributed by atoms with Crippen LogP contribution in [0.15, 0.2) is 11.6 Å². The molecule has 0 bridgehead atoms. The fraction of sp³-hybridized carbons (Fsp3) is 0.853. The molecule has 0 amide bonds. The van der Waals surface area contributed by atoms with Gasteiger partial charge in [-0.1, -0.05) is 13.8 Å². The maximum atomic E-state index is 12.5. The molecule has 0 radical (unpaired) electrons. The number of aliphatic hydroxyl groups is 1. The molecule has 2 heterocycles. The first-order valence-electron chi connectivity index (χ1n) is 16.6. The van der Waals surface area contributed by atoms with Crippen molar-refractivity contribution in [3.05, 3.63) is 11.6 Å². The summed E-state index contributed by atoms with van der Waals surface area (Å²) in [6, 6.07) is 0. The van der Waals surface area contributed by atoms with Gasteiger partial charge in [-0.05, 0) is 99.4 Å². The van der Waals surface area contributed by atoms with Crippen LogP contribution in [0.2, 0.25) is 0 Å². The quantitative estimate of drug-likeness (QED) is 0.262. The Morgan fingerprint density at radius 2 is 1.66 bits per heavy atom. The Kier molecular flexibility index (Phi) is 8.46. The van der Waals surface area contributed by atoms with Crippen molar-refractivity contribution in [2.45, 2.75) is 135 Å². The number of methoxy groups -OCH3 is 1. The molecule has 0 aromatic carbocycles. The fourth-order valence-electron chi connectivity index (χ4n) is 10.7. The molecule has 10 heteroatoms. The van der Waals surface area contributed by atoms with Gasteiger partial charge in [-0.2, -0.15) is 0 Å². The number of hydrogen-bond acceptors (Lipinski definition) is 10. The summed E-state index contributed by atoms with van der Waals surface area (Å²) < 4.78 is 34.9. The van der Waals surface area contributed by atoms with Gasteiger partial charge in [0.2, 0.25) is 0 Å². The second-order valence-electron chi connectivity index (χ2n) is 14.9. The van der Waals surface area contributed by atoms with Crippen LogP contribution < -0.4 is 0 Å². The molecule has 5 fully saturated rings. The molecule has 13 atom stereocenters. The van der Waals surface area contributed by atoms with E-state index in [0.29, 0.717) is 18.4 Å². The van der Waals surface area contributed by atoms with E-state index in [4.69, 9.17) is 28.4 Å². The summed E-state index contributed by atoms with van der Waals surface area (Å²) in [7, 11) is 1.50. The average Bonchev–Trinajstić information content (AvgIpc) is 3.50. The molecule has 0 aromatic heterocycles. The lowest BCUT2D eigenvalue weighted by Crippen LogP contribution is -2.63. The molecule has 0 spiro atoms. The summed E-state index contributed by atoms with van der Waals surface area (Å²) >= 11 is 0. The number of fused-ring (bicyclic) bond motifs is 5. The minimum atomic E-state index is -0.877. The first-order valence-corrected chi connectivity index (χ1v) is 16.6. The highest BCUT2D eigenvalue weighted by molar-refractivity contribution is 5.85. The summed E-state index contributed by atoms with van der Waals surface area (Å²) in [5.74, 6) is 0.0897. The van der Waals surface area contributed by atoms with E-state index in [0.717, 1.165) is 63.4 Å². The smallest absolute Gasteiger partial charge is 0.331 e. The van der Waals surface area contributed by atoms with E-state index in [9.17, 15) is 19.5 Å². The summed E-state index contributed by atoms with van der Waals surface area (Å²) in [5, 5.41) is 12.5. The zero-order valence-electron chi connectivity index (χ0n) is 27.0. The minimum absolute atomic E-state index is 0.0812. The van der Waals surface area contributed by atoms with Gasteiger partial charge in [-0.25, -0.2) is 4.79 Å². The van der Waals surface area contributed by atoms with Crippen molar-refractivity contribution in [2.75, 3.05) is 13.7 Å². The summed E-state index contributed by atoms with van der Waals surface area (Å²) in [6.45, 7) is 9.52. The molecule has 44 heavy (non-hydrogen) atoms. The van der Waals surface area contributed by atoms with Crippen molar-refractivity contribution in [3.63, 3.8) is 0 Å². The van der Waals surface area contributed by atoms with E-state index >= 15 is 0 Å². The third kappa shape index (κ3) is 5.12. The number of hydrogen-bond donors (Lipinski definition) is 1. The van der Waals surface area contributed by atoms with Gasteiger partial charge in [-0.15, -0.1) is 0 Å². The molecule has 6 aliphatic rings. The second-order valence-corrected chi connectivity index (χ2v) is 14.9. The molecule has 246 valence electrons. The van der Waals surface area contributed by atoms with E-state index in [1.54, 1.807) is 6.08 Å². The zero-order chi connectivity index (χ0) is 31.6. The van der Waals surface area contributed by atoms with Crippen molar-refractivity contribution in [2.24, 2.45) is 34.5 Å². The molecule has 1 N–H and O–H groups in total. The summed E-state index contributed by atoms with van der Waals surface area (Å²) in [6.07, 6.45) is 6.29. The highest BCUT2D eigenvalue weighted by atomic mass is 16.7. The van der Waals surface area contributed by atoms with Gasteiger partial charge < -0.3 is 33.5 Å². The maximum absolute atomic E-state index is 12.5. The van der Waals surface area contributed by atoms with Crippen LogP contribution in [0.5, 0.6) is 0 Å². The third-order valence-electron chi connectivity index (χ3n) is 12.9. The Morgan fingerprint density at radius 1 is 0.932 bits per heavy atom. The molecule has 6 rings (SSSR count). The largest absolute Gasteiger partial charge is 0.458 e. The normalized spacial score (nSPS) is 48.3. The van der Waals surface area contributed by atoms with Gasteiger partial charge >= 0.3 is 17.9 Å². The van der Waals surface area contributed by atoms with E-state index in [1.165, 1.54) is 21.0 Å². The second kappa shape index (κ2) is 11.7. The van der Waals surface area contributed by atoms with E-state index in [2.05, 4.69) is 13.8 Å². The number of rotatable bonds is 6. The number of ether oxygens (including phenoxy) is 6. The summed E-state index contributed by atoms with van der Waals surface area (Å²) in [4.78, 5) is 35.7. The standard InChI is InChI=1S/C34H50O10/c1-18-28(42-19(2)35)29(39-6)30(43-20(3)36)31(41-18)44-23-9-12-32(4)22(16-23)7-8-26-25(32)10-13-33(5)24(11-14-34(26,33)38)21-15-27(37)40-17-21/h15,18,22-26,28-31,38H,7-14,16-17H2,1-6H3/t18-,22+,23-,24-,25+,26+,28-,29+,30-,31-,32-,33+,34+/m0/s1. The molecule has 0 unspecified atom stereocenters. The molecular weight excluding hydrogens is 568 g/mol. The number of carbonyl (C=O) groups is 3. The third-order valence-corrected chi connectivity index (χ3v) is 12.9. The van der Waals surface area contributed by atoms with Crippen LogP contribution >= 0.6 is 0 Å². The van der Waals surface area contributed by atoms with Crippen molar-refractivity contribution < 1.29 is 47.9 Å². The van der Waals surface area contributed by atoms with E-state index < -0.39 is 48.2 Å². The Hall–Kier alpha value is -2.01. The molecule has 0 aromatic rings. The Bertz CT molecular complexity index is 1180. The van der Waals surface area contributed by atoms with Crippen LogP contribution in [0.1, 0.15) is 92.4 Å². The highest BCUT2D eigenvalue weighted by Crippen LogP contribution is 2.70. The Balaban J connectivity index is 1.16. The van der Waals surface area contributed by atoms with Crippen molar-refractivity contribution in [1.82, 2.24) is 0 Å². The topological polar surface area (TPSA) is 127 Å². The molecule has 4 aliphatic carbocycles. The van der Waals surface area contributed by atoms with Gasteiger partial charge in [0.05, 0.1) is 17.8 Å². The average molecular weight is 619 g/mol. The Labute approximate surface area is 260 Å². The van der Waals surface area contributed by atoms with Gasteiger partial charge in [0.25, 0.3) is 0 Å². The zero-order valence-corrected chi connectivity index (χ0v) is 27.0. The number of carbonyl (C=O) groups excluding carboxylic acids is 3. The van der Waals surface area contributed by atoms with Crippen LogP contribution in [0.3, 0.4) is 0 Å². The van der Waals surface area contributed by atoms with E-state index in [-0.39, 0.29) is 34.7 Å². The van der Waals surface area contributed by atoms with Crippen LogP contribution in [-0.2, 0) is 42.8 Å². The molecule has 10 nitrogen and oxygen atoms in total. The lowest BCUT2D eigenvalue weighted by atomic mass is 9.43. The fourth-order valence-corrected chi connectivity index (χ4v) is 10.7. The molecule has 2 aliphatic heterocycles. The van der Waals surface area contributed by atoms with Gasteiger partial charge in [-0.3, -0.25) is 9.59 Å². The predicted octanol–water partition coefficient (Wildman–Crippen LogP) is 4.25. The minimum Gasteiger partial charge on any atom is -0.458 e. The van der Waals surface area contributed by atoms with Crippen LogP contribution in [0.25, 0.3) is 0 Å². The van der Waals surface area contributed by atoms with Gasteiger partial charge in [0, 0.05) is 32.4 Å². The number of esters is 3. The lowest BCUT2D eigenvalue weighted by Gasteiger charge is -2.64. The first-order chi connectivity index (χ1) is 20.8. The van der Waals surface area contributed by atoms with Crippen LogP contribution in [0.4, 0.5) is 0 Å². The van der Waals surface area contributed by atoms with Crippen LogP contribution in [0, 0.1) is 34.5 Å². The SMILES string of the molecule is CO[C@H]1[C@H](OC(C)=O)[C@H](O[C@H]2CC[C@@]3(C)[C@H](CC[C@@H]4[C@H]3CC[C@]3(C)[C@H](C5=CC(=O)OC5)CC[C@@]43O)C2)O[C@@H](C)[C@@H]1OC(C)=O. The maximum Gasteiger partial charge on any atom is 0.331 e. The monoisotopic (exact) mass is 618 g/mol. The molecule has 1 saturated heterocycles. The Morgan fingerprint density at radius 3 is 2.32 bits per heavy atom. The van der Waals surface area contributed by atoms with Crippen molar-refractivity contribution in [1.29, 1.82) is 0 Å². The predicted molar refractivity (Wildman–Crippen MR) is 157 cm³/mol. The number of cyclic esters (lactones) is 1. The van der Waals surface area contributed by atoms with E-state index in [1.807, 2.05) is 6.92 Å². The lowest BCUT2D eigenvalue weighted by molar-refractivity contribution is -0.317. The molecular formula is C34H50O10. The van der Waals surface area contributed by atoms with Crippen molar-refractivity contribution >= 4 is 17.9 Å². The highest BCUT2D eigenvalue weighted by Gasteiger charge is 2.68. The first kappa shape index (κ1) is 32.0. The summed E-state index contributed by atoms with van der Waals surface area (Å²) in [5.41, 5.74) is 0.159. The molecule has 4 saturated carbocycles.